The molecule has 1 amide bonds. The first-order valence-electron chi connectivity index (χ1n) is 9.22. The van der Waals surface area contributed by atoms with E-state index in [2.05, 4.69) is 5.32 Å². The zero-order valence-corrected chi connectivity index (χ0v) is 16.4. The molecule has 0 atom stereocenters. The van der Waals surface area contributed by atoms with E-state index in [1.54, 1.807) is 0 Å². The van der Waals surface area contributed by atoms with Crippen LogP contribution in [0.2, 0.25) is 0 Å². The number of pyridine rings is 1. The van der Waals surface area contributed by atoms with Crippen LogP contribution in [0, 0.1) is 5.82 Å². The summed E-state index contributed by atoms with van der Waals surface area (Å²) in [5, 5.41) is 21.3. The highest BCUT2D eigenvalue weighted by atomic mass is 19.4. The molecule has 6 nitrogen and oxygen atoms in total. The van der Waals surface area contributed by atoms with Gasteiger partial charge in [0.05, 0.1) is 5.56 Å². The minimum absolute atomic E-state index is 0.0585. The van der Waals surface area contributed by atoms with Gasteiger partial charge >= 0.3 is 6.18 Å². The number of benzene rings is 2. The Hall–Kier alpha value is -3.95. The number of carbonyl (C=O) groups is 2. The third kappa shape index (κ3) is 5.60. The number of hydrogen-bond acceptors (Lipinski definition) is 4. The van der Waals surface area contributed by atoms with Crippen LogP contribution in [0.5, 0.6) is 11.5 Å². The molecule has 3 rings (SSSR count). The summed E-state index contributed by atoms with van der Waals surface area (Å²) in [6.45, 7) is -0.509. The lowest BCUT2D eigenvalue weighted by molar-refractivity contribution is -0.683. The smallest absolute Gasteiger partial charge is 0.416 e. The van der Waals surface area contributed by atoms with Crippen LogP contribution < -0.4 is 9.88 Å². The maximum atomic E-state index is 13.5. The Balaban J connectivity index is 1.68. The van der Waals surface area contributed by atoms with Crippen molar-refractivity contribution < 1.29 is 41.9 Å². The van der Waals surface area contributed by atoms with Crippen LogP contribution in [0.15, 0.2) is 60.9 Å². The summed E-state index contributed by atoms with van der Waals surface area (Å²) in [5.41, 5.74) is -0.939. The second-order valence-electron chi connectivity index (χ2n) is 6.92. The lowest BCUT2D eigenvalue weighted by Crippen LogP contribution is -2.39. The number of aromatic hydroxyl groups is 2. The first-order chi connectivity index (χ1) is 15.0. The average Bonchev–Trinajstić information content (AvgIpc) is 2.73. The summed E-state index contributed by atoms with van der Waals surface area (Å²) in [6, 6.07) is 8.58. The first kappa shape index (κ1) is 22.7. The quantitative estimate of drug-likeness (QED) is 0.233. The summed E-state index contributed by atoms with van der Waals surface area (Å²) in [7, 11) is 0. The number of amides is 1. The molecule has 0 saturated carbocycles. The molecule has 0 spiro atoms. The molecule has 0 aliphatic rings. The van der Waals surface area contributed by atoms with E-state index in [1.165, 1.54) is 41.2 Å². The summed E-state index contributed by atoms with van der Waals surface area (Å²) in [5.74, 6) is -2.91. The molecule has 3 aromatic rings. The highest BCUT2D eigenvalue weighted by Crippen LogP contribution is 2.30. The van der Waals surface area contributed by atoms with Crippen molar-refractivity contribution >= 4 is 11.7 Å². The van der Waals surface area contributed by atoms with Gasteiger partial charge in [0.15, 0.2) is 23.9 Å². The second kappa shape index (κ2) is 9.04. The Morgan fingerprint density at radius 1 is 0.969 bits per heavy atom. The predicted octanol–water partition coefficient (Wildman–Crippen LogP) is 3.36. The van der Waals surface area contributed by atoms with Gasteiger partial charge in [-0.1, -0.05) is 0 Å². The fourth-order valence-corrected chi connectivity index (χ4v) is 2.91. The number of hydrogen-bond donors (Lipinski definition) is 3. The molecule has 0 unspecified atom stereocenters. The standard InChI is InChI=1S/C22H16F4N2O4/c23-17-7-13(6-16(9-17)22(24,25)26)10-27-21(32)15-2-1-5-28(11-15)12-20(31)14-3-4-18(29)19(30)8-14/h1-9,11H,10,12H2,(H2-,27,29,30,31,32)/p+1. The van der Waals surface area contributed by atoms with E-state index in [0.717, 1.165) is 18.2 Å². The van der Waals surface area contributed by atoms with E-state index in [0.29, 0.717) is 6.07 Å². The predicted molar refractivity (Wildman–Crippen MR) is 103 cm³/mol. The fraction of sp³-hybridized carbons (Fsp3) is 0.136. The minimum Gasteiger partial charge on any atom is -0.504 e. The van der Waals surface area contributed by atoms with E-state index in [4.69, 9.17) is 0 Å². The lowest BCUT2D eigenvalue weighted by atomic mass is 10.1. The number of nitrogens with one attached hydrogen (secondary N) is 1. The SMILES string of the molecule is O=C(C[n+]1cccc(C(=O)NCc2cc(F)cc(C(F)(F)F)c2)c1)c1ccc(O)c(O)c1. The molecule has 3 N–H and O–H groups in total. The third-order valence-electron chi connectivity index (χ3n) is 4.48. The minimum atomic E-state index is -4.72. The molecule has 10 heteroatoms. The Kier molecular flexibility index (Phi) is 6.42. The van der Waals surface area contributed by atoms with Crippen LogP contribution in [0.4, 0.5) is 17.6 Å². The van der Waals surface area contributed by atoms with Gasteiger partial charge in [-0.3, -0.25) is 9.59 Å². The number of halogens is 4. The zero-order valence-electron chi connectivity index (χ0n) is 16.4. The fourth-order valence-electron chi connectivity index (χ4n) is 2.91. The monoisotopic (exact) mass is 449 g/mol. The van der Waals surface area contributed by atoms with Crippen molar-refractivity contribution in [2.45, 2.75) is 19.3 Å². The van der Waals surface area contributed by atoms with Gasteiger partial charge in [-0.25, -0.2) is 4.39 Å². The molecule has 0 aliphatic carbocycles. The number of carbonyl (C=O) groups excluding carboxylic acids is 2. The van der Waals surface area contributed by atoms with E-state index in [1.807, 2.05) is 0 Å². The second-order valence-corrected chi connectivity index (χ2v) is 6.92. The summed E-state index contributed by atoms with van der Waals surface area (Å²) >= 11 is 0. The van der Waals surface area contributed by atoms with Crippen molar-refractivity contribution in [1.82, 2.24) is 5.32 Å². The molecule has 0 aliphatic heterocycles. The van der Waals surface area contributed by atoms with Crippen molar-refractivity contribution in [3.63, 3.8) is 0 Å². The largest absolute Gasteiger partial charge is 0.504 e. The Morgan fingerprint density at radius 2 is 1.72 bits per heavy atom. The van der Waals surface area contributed by atoms with Gasteiger partial charge in [-0.15, -0.1) is 0 Å². The molecule has 1 heterocycles. The van der Waals surface area contributed by atoms with Gasteiger partial charge in [0.1, 0.15) is 11.4 Å². The van der Waals surface area contributed by atoms with Crippen LogP contribution in [0.1, 0.15) is 31.8 Å². The molecule has 1 aromatic heterocycles. The van der Waals surface area contributed by atoms with Crippen LogP contribution in [0.25, 0.3) is 0 Å². The van der Waals surface area contributed by atoms with Crippen molar-refractivity contribution in [3.05, 3.63) is 89.0 Å². The summed E-state index contributed by atoms with van der Waals surface area (Å²) in [4.78, 5) is 24.8. The van der Waals surface area contributed by atoms with Gasteiger partial charge in [0.2, 0.25) is 12.3 Å². The molecule has 2 aromatic carbocycles. The van der Waals surface area contributed by atoms with E-state index >= 15 is 0 Å². The lowest BCUT2D eigenvalue weighted by Gasteiger charge is -2.10. The number of nitrogens with zero attached hydrogens (tertiary/aromatic N) is 1. The van der Waals surface area contributed by atoms with E-state index < -0.39 is 35.0 Å². The molecule has 0 bridgehead atoms. The van der Waals surface area contributed by atoms with Gasteiger partial charge in [0, 0.05) is 18.2 Å². The maximum absolute atomic E-state index is 13.5. The molecule has 0 saturated heterocycles. The maximum Gasteiger partial charge on any atom is 0.416 e. The highest BCUT2D eigenvalue weighted by molar-refractivity contribution is 5.96. The number of alkyl halides is 3. The van der Waals surface area contributed by atoms with Crippen LogP contribution in [0.3, 0.4) is 0 Å². The number of phenols is 2. The van der Waals surface area contributed by atoms with Gasteiger partial charge in [0.25, 0.3) is 5.91 Å². The van der Waals surface area contributed by atoms with Gasteiger partial charge in [-0.2, -0.15) is 17.7 Å². The van der Waals surface area contributed by atoms with E-state index in [-0.39, 0.29) is 35.5 Å². The first-order valence-corrected chi connectivity index (χ1v) is 9.22. The number of phenolic OH excluding ortho intramolecular Hbond substituents is 2. The van der Waals surface area contributed by atoms with E-state index in [9.17, 15) is 37.4 Å². The highest BCUT2D eigenvalue weighted by Gasteiger charge is 2.31. The number of ketones is 1. The number of rotatable bonds is 6. The van der Waals surface area contributed by atoms with Gasteiger partial charge < -0.3 is 15.5 Å². The molecular formula is C22H17F4N2O4+. The molecular weight excluding hydrogens is 432 g/mol. The summed E-state index contributed by atoms with van der Waals surface area (Å²) < 4.78 is 53.3. The number of aromatic nitrogens is 1. The van der Waals surface area contributed by atoms with Crippen molar-refractivity contribution in [2.75, 3.05) is 0 Å². The van der Waals surface area contributed by atoms with Crippen molar-refractivity contribution in [3.8, 4) is 11.5 Å². The van der Waals surface area contributed by atoms with Crippen LogP contribution >= 0.6 is 0 Å². The topological polar surface area (TPSA) is 90.5 Å². The average molecular weight is 449 g/mol. The molecule has 0 fully saturated rings. The van der Waals surface area contributed by atoms with Crippen molar-refractivity contribution in [2.24, 2.45) is 0 Å². The van der Waals surface area contributed by atoms with Crippen LogP contribution in [-0.4, -0.2) is 21.9 Å². The molecule has 166 valence electrons. The molecule has 32 heavy (non-hydrogen) atoms. The van der Waals surface area contributed by atoms with Crippen molar-refractivity contribution in [1.29, 1.82) is 0 Å². The Bertz CT molecular complexity index is 1180. The Labute approximate surface area is 179 Å². The van der Waals surface area contributed by atoms with Gasteiger partial charge in [-0.05, 0) is 48.0 Å². The molecule has 0 radical (unpaired) electrons. The zero-order chi connectivity index (χ0) is 23.5. The summed E-state index contributed by atoms with van der Waals surface area (Å²) in [6.07, 6.45) is -1.83. The third-order valence-corrected chi connectivity index (χ3v) is 4.48. The van der Waals surface area contributed by atoms with Crippen LogP contribution in [-0.2, 0) is 19.3 Å². The normalized spacial score (nSPS) is 11.2. The number of Topliss-reactive ketones (excluding diaryl/α,β-unsaturated/α-hetero) is 1. The Morgan fingerprint density at radius 3 is 2.41 bits per heavy atom.